The number of imidazole rings is 1. The van der Waals surface area contributed by atoms with E-state index in [1.54, 1.807) is 12.1 Å². The number of aromatic nitrogens is 2. The minimum atomic E-state index is -0.281. The second-order valence-electron chi connectivity index (χ2n) is 6.26. The van der Waals surface area contributed by atoms with E-state index >= 15 is 0 Å². The van der Waals surface area contributed by atoms with E-state index < -0.39 is 0 Å². The first-order valence-corrected chi connectivity index (χ1v) is 8.33. The van der Waals surface area contributed by atoms with Crippen LogP contribution in [0.25, 0.3) is 16.9 Å². The third-order valence-electron chi connectivity index (χ3n) is 4.17. The highest BCUT2D eigenvalue weighted by Crippen LogP contribution is 2.32. The molecule has 4 aromatic rings. The molecule has 4 nitrogen and oxygen atoms in total. The molecule has 0 atom stereocenters. The molecule has 0 N–H and O–H groups in total. The SMILES string of the molecule is Cc1ccc(N=Nc2c(-c3ccc(F)cc3)nc3cc(C)ccn23)cc1. The number of benzene rings is 2. The molecule has 5 heteroatoms. The van der Waals surface area contributed by atoms with Crippen LogP contribution in [0.5, 0.6) is 0 Å². The Morgan fingerprint density at radius 2 is 1.58 bits per heavy atom. The van der Waals surface area contributed by atoms with Crippen LogP contribution >= 0.6 is 0 Å². The van der Waals surface area contributed by atoms with Crippen molar-refractivity contribution in [2.75, 3.05) is 0 Å². The Hall–Kier alpha value is -3.34. The average molecular weight is 344 g/mol. The fraction of sp³-hybridized carbons (Fsp3) is 0.0952. The molecular weight excluding hydrogens is 327 g/mol. The molecule has 0 aliphatic carbocycles. The quantitative estimate of drug-likeness (QED) is 0.410. The first kappa shape index (κ1) is 16.1. The van der Waals surface area contributed by atoms with Crippen LogP contribution in [0.1, 0.15) is 11.1 Å². The van der Waals surface area contributed by atoms with Gasteiger partial charge >= 0.3 is 0 Å². The first-order valence-electron chi connectivity index (χ1n) is 8.33. The Bertz CT molecular complexity index is 1090. The maximum absolute atomic E-state index is 13.3. The molecule has 2 aromatic carbocycles. The molecule has 2 heterocycles. The third-order valence-corrected chi connectivity index (χ3v) is 4.17. The van der Waals surface area contributed by atoms with Gasteiger partial charge in [-0.3, -0.25) is 4.40 Å². The zero-order chi connectivity index (χ0) is 18.1. The van der Waals surface area contributed by atoms with E-state index in [9.17, 15) is 4.39 Å². The molecule has 0 saturated heterocycles. The molecule has 0 bridgehead atoms. The number of halogens is 1. The van der Waals surface area contributed by atoms with Gasteiger partial charge in [0.05, 0.1) is 5.69 Å². The average Bonchev–Trinajstić information content (AvgIpc) is 2.99. The van der Waals surface area contributed by atoms with Gasteiger partial charge in [-0.25, -0.2) is 9.37 Å². The number of azo groups is 1. The molecule has 0 aliphatic heterocycles. The lowest BCUT2D eigenvalue weighted by Gasteiger charge is -2.00. The van der Waals surface area contributed by atoms with Crippen LogP contribution in [0.4, 0.5) is 15.9 Å². The van der Waals surface area contributed by atoms with Crippen LogP contribution in [0.2, 0.25) is 0 Å². The zero-order valence-electron chi connectivity index (χ0n) is 14.5. The Morgan fingerprint density at radius 3 is 2.31 bits per heavy atom. The Labute approximate surface area is 150 Å². The highest BCUT2D eigenvalue weighted by molar-refractivity contribution is 5.74. The fourth-order valence-electron chi connectivity index (χ4n) is 2.75. The highest BCUT2D eigenvalue weighted by atomic mass is 19.1. The molecule has 128 valence electrons. The van der Waals surface area contributed by atoms with Crippen molar-refractivity contribution in [1.29, 1.82) is 0 Å². The Kier molecular flexibility index (Phi) is 4.05. The van der Waals surface area contributed by atoms with Gasteiger partial charge in [0.1, 0.15) is 17.2 Å². The van der Waals surface area contributed by atoms with Crippen molar-refractivity contribution in [1.82, 2.24) is 9.38 Å². The summed E-state index contributed by atoms with van der Waals surface area (Å²) in [4.78, 5) is 4.69. The number of nitrogens with zero attached hydrogens (tertiary/aromatic N) is 4. The summed E-state index contributed by atoms with van der Waals surface area (Å²) < 4.78 is 15.2. The minimum absolute atomic E-state index is 0.281. The molecule has 0 saturated carbocycles. The predicted molar refractivity (Wildman–Crippen MR) is 101 cm³/mol. The van der Waals surface area contributed by atoms with Crippen LogP contribution < -0.4 is 0 Å². The number of hydrogen-bond donors (Lipinski definition) is 0. The van der Waals surface area contributed by atoms with Gasteiger partial charge in [0, 0.05) is 11.8 Å². The molecule has 26 heavy (non-hydrogen) atoms. The summed E-state index contributed by atoms with van der Waals surface area (Å²) in [6.45, 7) is 4.04. The van der Waals surface area contributed by atoms with Gasteiger partial charge in [0.25, 0.3) is 0 Å². The molecule has 2 aromatic heterocycles. The van der Waals surface area contributed by atoms with Crippen molar-refractivity contribution in [2.24, 2.45) is 10.2 Å². The Balaban J connectivity index is 1.86. The number of hydrogen-bond acceptors (Lipinski definition) is 3. The number of aryl methyl sites for hydroxylation is 2. The van der Waals surface area contributed by atoms with E-state index in [2.05, 4.69) is 15.2 Å². The highest BCUT2D eigenvalue weighted by Gasteiger charge is 2.14. The number of rotatable bonds is 3. The molecule has 0 radical (unpaired) electrons. The van der Waals surface area contributed by atoms with Gasteiger partial charge in [-0.2, -0.15) is 0 Å². The summed E-state index contributed by atoms with van der Waals surface area (Å²) in [5, 5.41) is 8.81. The smallest absolute Gasteiger partial charge is 0.187 e. The van der Waals surface area contributed by atoms with E-state index in [0.29, 0.717) is 11.5 Å². The van der Waals surface area contributed by atoms with E-state index in [4.69, 9.17) is 0 Å². The van der Waals surface area contributed by atoms with Gasteiger partial charge in [-0.05, 0) is 67.9 Å². The summed E-state index contributed by atoms with van der Waals surface area (Å²) in [5.74, 6) is 0.336. The lowest BCUT2D eigenvalue weighted by Crippen LogP contribution is -1.84. The molecule has 0 amide bonds. The predicted octanol–water partition coefficient (Wildman–Crippen LogP) is 6.17. The Morgan fingerprint density at radius 1 is 0.846 bits per heavy atom. The maximum atomic E-state index is 13.3. The molecule has 4 rings (SSSR count). The van der Waals surface area contributed by atoms with Crippen LogP contribution in [0.15, 0.2) is 77.1 Å². The van der Waals surface area contributed by atoms with Crippen molar-refractivity contribution in [3.63, 3.8) is 0 Å². The van der Waals surface area contributed by atoms with Gasteiger partial charge < -0.3 is 0 Å². The van der Waals surface area contributed by atoms with Crippen molar-refractivity contribution >= 4 is 17.2 Å². The maximum Gasteiger partial charge on any atom is 0.187 e. The lowest BCUT2D eigenvalue weighted by molar-refractivity contribution is 0.628. The standard InChI is InChI=1S/C21H17FN4/c1-14-3-9-18(10-4-14)24-25-21-20(16-5-7-17(22)8-6-16)23-19-13-15(2)11-12-26(19)21/h3-13H,1-2H3. The topological polar surface area (TPSA) is 42.0 Å². The van der Waals surface area contributed by atoms with E-state index in [0.717, 1.165) is 22.5 Å². The lowest BCUT2D eigenvalue weighted by atomic mass is 10.1. The van der Waals surface area contributed by atoms with E-state index in [1.807, 2.05) is 60.8 Å². The fourth-order valence-corrected chi connectivity index (χ4v) is 2.75. The van der Waals surface area contributed by atoms with Gasteiger partial charge in [-0.1, -0.05) is 17.7 Å². The van der Waals surface area contributed by atoms with Crippen LogP contribution in [-0.4, -0.2) is 9.38 Å². The zero-order valence-corrected chi connectivity index (χ0v) is 14.5. The largest absolute Gasteiger partial charge is 0.283 e. The summed E-state index contributed by atoms with van der Waals surface area (Å²) in [5.41, 5.74) is 5.29. The van der Waals surface area contributed by atoms with Crippen molar-refractivity contribution in [3.05, 3.63) is 83.8 Å². The van der Waals surface area contributed by atoms with Gasteiger partial charge in [0.2, 0.25) is 0 Å². The van der Waals surface area contributed by atoms with Crippen LogP contribution in [-0.2, 0) is 0 Å². The minimum Gasteiger partial charge on any atom is -0.283 e. The van der Waals surface area contributed by atoms with Crippen molar-refractivity contribution in [3.8, 4) is 11.3 Å². The molecule has 0 aliphatic rings. The van der Waals surface area contributed by atoms with Crippen molar-refractivity contribution < 1.29 is 4.39 Å². The van der Waals surface area contributed by atoms with Crippen LogP contribution in [0, 0.1) is 19.7 Å². The summed E-state index contributed by atoms with van der Waals surface area (Å²) >= 11 is 0. The second kappa shape index (κ2) is 6.52. The normalized spacial score (nSPS) is 11.5. The van der Waals surface area contributed by atoms with Gasteiger partial charge in [-0.15, -0.1) is 10.2 Å². The molecule has 0 spiro atoms. The summed E-state index contributed by atoms with van der Waals surface area (Å²) in [7, 11) is 0. The van der Waals surface area contributed by atoms with E-state index in [-0.39, 0.29) is 5.82 Å². The number of fused-ring (bicyclic) bond motifs is 1. The third kappa shape index (κ3) is 3.11. The second-order valence-corrected chi connectivity index (χ2v) is 6.26. The first-order chi connectivity index (χ1) is 12.6. The van der Waals surface area contributed by atoms with Gasteiger partial charge in [0.15, 0.2) is 5.82 Å². The summed E-state index contributed by atoms with van der Waals surface area (Å²) in [6, 6.07) is 18.1. The molecular formula is C21H17FN4. The number of pyridine rings is 1. The van der Waals surface area contributed by atoms with Crippen molar-refractivity contribution in [2.45, 2.75) is 13.8 Å². The summed E-state index contributed by atoms with van der Waals surface area (Å²) in [6.07, 6.45) is 1.92. The molecule has 0 unspecified atom stereocenters. The van der Waals surface area contributed by atoms with Crippen LogP contribution in [0.3, 0.4) is 0 Å². The molecule has 0 fully saturated rings. The van der Waals surface area contributed by atoms with E-state index in [1.165, 1.54) is 17.7 Å². The monoisotopic (exact) mass is 344 g/mol.